The topological polar surface area (TPSA) is 32.7 Å². The summed E-state index contributed by atoms with van der Waals surface area (Å²) in [5, 5.41) is 8.98. The van der Waals surface area contributed by atoms with Crippen molar-refractivity contribution < 1.29 is 9.84 Å². The number of aliphatic hydroxyl groups excluding tert-OH is 1. The zero-order chi connectivity index (χ0) is 12.1. The first kappa shape index (κ1) is 12.2. The number of hydrogen-bond acceptors (Lipinski definition) is 3. The number of benzene rings is 1. The van der Waals surface area contributed by atoms with Crippen molar-refractivity contribution in [2.45, 2.75) is 19.8 Å². The van der Waals surface area contributed by atoms with E-state index in [-0.39, 0.29) is 0 Å². The number of hydrogen-bond donors (Lipinski definition) is 1. The minimum atomic E-state index is 0.297. The lowest BCUT2D eigenvalue weighted by atomic mass is 10.1. The summed E-state index contributed by atoms with van der Waals surface area (Å²) in [6.45, 7) is 5.10. The zero-order valence-electron chi connectivity index (χ0n) is 10.4. The molecule has 1 saturated heterocycles. The lowest BCUT2D eigenvalue weighted by Crippen LogP contribution is -2.20. The number of rotatable bonds is 5. The molecular weight excluding hydrogens is 214 g/mol. The van der Waals surface area contributed by atoms with Crippen molar-refractivity contribution >= 4 is 5.69 Å². The maximum Gasteiger partial charge on any atom is 0.142 e. The molecular formula is C14H21NO2. The normalized spacial score (nSPS) is 19.6. The van der Waals surface area contributed by atoms with Gasteiger partial charge in [0.15, 0.2) is 0 Å². The molecule has 1 atom stereocenters. The van der Waals surface area contributed by atoms with Crippen LogP contribution in [0.25, 0.3) is 0 Å². The molecule has 0 aliphatic carbocycles. The summed E-state index contributed by atoms with van der Waals surface area (Å²) in [6.07, 6.45) is 2.08. The first-order valence-corrected chi connectivity index (χ1v) is 6.42. The lowest BCUT2D eigenvalue weighted by molar-refractivity contribution is 0.263. The Kier molecular flexibility index (Phi) is 4.26. The minimum Gasteiger partial charge on any atom is -0.492 e. The van der Waals surface area contributed by atoms with Crippen LogP contribution in [0.1, 0.15) is 19.8 Å². The largest absolute Gasteiger partial charge is 0.492 e. The van der Waals surface area contributed by atoms with Gasteiger partial charge in [-0.05, 0) is 37.8 Å². The third-order valence-corrected chi connectivity index (χ3v) is 3.33. The molecule has 0 aromatic heterocycles. The van der Waals surface area contributed by atoms with Gasteiger partial charge in [0.25, 0.3) is 0 Å². The van der Waals surface area contributed by atoms with E-state index in [9.17, 15) is 0 Å². The van der Waals surface area contributed by atoms with Crippen molar-refractivity contribution in [3.8, 4) is 5.75 Å². The fourth-order valence-electron chi connectivity index (χ4n) is 2.47. The second-order valence-electron chi connectivity index (χ2n) is 4.51. The second-order valence-corrected chi connectivity index (χ2v) is 4.51. The number of aliphatic hydroxyl groups is 1. The average molecular weight is 235 g/mol. The van der Waals surface area contributed by atoms with Crippen LogP contribution < -0.4 is 9.64 Å². The smallest absolute Gasteiger partial charge is 0.142 e. The Hall–Kier alpha value is -1.22. The van der Waals surface area contributed by atoms with Gasteiger partial charge in [-0.15, -0.1) is 0 Å². The summed E-state index contributed by atoms with van der Waals surface area (Å²) in [5.74, 6) is 1.59. The standard InChI is InChI=1S/C14H21NO2/c1-2-17-14-6-4-3-5-13(14)15-9-7-12(11-15)8-10-16/h3-6,12,16H,2,7-11H2,1H3. The number of ether oxygens (including phenoxy) is 1. The lowest BCUT2D eigenvalue weighted by Gasteiger charge is -2.21. The Morgan fingerprint density at radius 2 is 2.24 bits per heavy atom. The molecule has 0 amide bonds. The minimum absolute atomic E-state index is 0.297. The molecule has 1 unspecified atom stereocenters. The van der Waals surface area contributed by atoms with Gasteiger partial charge in [-0.1, -0.05) is 12.1 Å². The molecule has 0 spiro atoms. The second kappa shape index (κ2) is 5.92. The molecule has 3 heteroatoms. The van der Waals surface area contributed by atoms with Crippen LogP contribution >= 0.6 is 0 Å². The first-order valence-electron chi connectivity index (χ1n) is 6.42. The van der Waals surface area contributed by atoms with E-state index in [4.69, 9.17) is 9.84 Å². The van der Waals surface area contributed by atoms with Crippen LogP contribution in [0.5, 0.6) is 5.75 Å². The van der Waals surface area contributed by atoms with E-state index in [1.165, 1.54) is 12.1 Å². The van der Waals surface area contributed by atoms with Crippen molar-refractivity contribution in [2.24, 2.45) is 5.92 Å². The third kappa shape index (κ3) is 2.91. The Bertz CT molecular complexity index is 354. The number of para-hydroxylation sites is 2. The van der Waals surface area contributed by atoms with Gasteiger partial charge in [0.2, 0.25) is 0 Å². The first-order chi connectivity index (χ1) is 8.35. The fourth-order valence-corrected chi connectivity index (χ4v) is 2.47. The van der Waals surface area contributed by atoms with Crippen LogP contribution in [-0.2, 0) is 0 Å². The molecule has 0 bridgehead atoms. The Morgan fingerprint density at radius 1 is 1.41 bits per heavy atom. The Morgan fingerprint density at radius 3 is 3.00 bits per heavy atom. The number of anilines is 1. The maximum atomic E-state index is 8.98. The van der Waals surface area contributed by atoms with Crippen LogP contribution in [0.15, 0.2) is 24.3 Å². The monoisotopic (exact) mass is 235 g/mol. The van der Waals surface area contributed by atoms with Gasteiger partial charge in [0.05, 0.1) is 12.3 Å². The van der Waals surface area contributed by atoms with E-state index in [1.54, 1.807) is 0 Å². The predicted molar refractivity (Wildman–Crippen MR) is 69.6 cm³/mol. The Balaban J connectivity index is 2.07. The molecule has 1 heterocycles. The summed E-state index contributed by atoms with van der Waals surface area (Å²) in [6, 6.07) is 8.21. The summed E-state index contributed by atoms with van der Waals surface area (Å²) >= 11 is 0. The quantitative estimate of drug-likeness (QED) is 0.850. The van der Waals surface area contributed by atoms with Crippen molar-refractivity contribution in [1.82, 2.24) is 0 Å². The number of nitrogens with zero attached hydrogens (tertiary/aromatic N) is 1. The van der Waals surface area contributed by atoms with Crippen LogP contribution in [0.3, 0.4) is 0 Å². The molecule has 0 radical (unpaired) electrons. The van der Waals surface area contributed by atoms with Gasteiger partial charge >= 0.3 is 0 Å². The van der Waals surface area contributed by atoms with Crippen LogP contribution in [0.4, 0.5) is 5.69 Å². The molecule has 1 aromatic carbocycles. The van der Waals surface area contributed by atoms with E-state index < -0.39 is 0 Å². The predicted octanol–water partition coefficient (Wildman–Crippen LogP) is 2.29. The van der Waals surface area contributed by atoms with E-state index in [0.29, 0.717) is 19.1 Å². The highest BCUT2D eigenvalue weighted by molar-refractivity contribution is 5.59. The molecule has 0 saturated carbocycles. The summed E-state index contributed by atoms with van der Waals surface area (Å²) in [5.41, 5.74) is 1.19. The highest BCUT2D eigenvalue weighted by Gasteiger charge is 2.23. The van der Waals surface area contributed by atoms with Crippen LogP contribution in [0.2, 0.25) is 0 Å². The molecule has 2 rings (SSSR count). The zero-order valence-corrected chi connectivity index (χ0v) is 10.4. The van der Waals surface area contributed by atoms with Crippen LogP contribution in [-0.4, -0.2) is 31.4 Å². The fraction of sp³-hybridized carbons (Fsp3) is 0.571. The third-order valence-electron chi connectivity index (χ3n) is 3.33. The van der Waals surface area contributed by atoms with Gasteiger partial charge in [-0.3, -0.25) is 0 Å². The molecule has 1 aliphatic rings. The molecule has 3 nitrogen and oxygen atoms in total. The van der Waals surface area contributed by atoms with Gasteiger partial charge < -0.3 is 14.7 Å². The molecule has 94 valence electrons. The van der Waals surface area contributed by atoms with E-state index in [1.807, 2.05) is 19.1 Å². The van der Waals surface area contributed by atoms with Crippen molar-refractivity contribution in [2.75, 3.05) is 31.2 Å². The molecule has 1 N–H and O–H groups in total. The SMILES string of the molecule is CCOc1ccccc1N1CCC(CCO)C1. The van der Waals surface area contributed by atoms with Crippen molar-refractivity contribution in [1.29, 1.82) is 0 Å². The van der Waals surface area contributed by atoms with Gasteiger partial charge in [0, 0.05) is 19.7 Å². The molecule has 17 heavy (non-hydrogen) atoms. The summed E-state index contributed by atoms with van der Waals surface area (Å²) in [4.78, 5) is 2.37. The van der Waals surface area contributed by atoms with Gasteiger partial charge in [0.1, 0.15) is 5.75 Å². The van der Waals surface area contributed by atoms with Gasteiger partial charge in [-0.25, -0.2) is 0 Å². The Labute approximate surface area is 103 Å². The molecule has 1 aromatic rings. The van der Waals surface area contributed by atoms with Crippen molar-refractivity contribution in [3.63, 3.8) is 0 Å². The molecule has 1 aliphatic heterocycles. The highest BCUT2D eigenvalue weighted by Crippen LogP contribution is 2.32. The highest BCUT2D eigenvalue weighted by atomic mass is 16.5. The summed E-state index contributed by atoms with van der Waals surface area (Å²) < 4.78 is 5.65. The van der Waals surface area contributed by atoms with E-state index >= 15 is 0 Å². The van der Waals surface area contributed by atoms with Crippen LogP contribution in [0, 0.1) is 5.92 Å². The van der Waals surface area contributed by atoms with Crippen molar-refractivity contribution in [3.05, 3.63) is 24.3 Å². The van der Waals surface area contributed by atoms with E-state index in [0.717, 1.165) is 25.3 Å². The summed E-state index contributed by atoms with van der Waals surface area (Å²) in [7, 11) is 0. The maximum absolute atomic E-state index is 8.98. The average Bonchev–Trinajstić information content (AvgIpc) is 2.79. The van der Waals surface area contributed by atoms with Gasteiger partial charge in [-0.2, -0.15) is 0 Å². The molecule has 1 fully saturated rings. The van der Waals surface area contributed by atoms with E-state index in [2.05, 4.69) is 17.0 Å².